The fourth-order valence-electron chi connectivity index (χ4n) is 22.9. The van der Waals surface area contributed by atoms with Gasteiger partial charge >= 0.3 is 5.97 Å². The predicted octanol–water partition coefficient (Wildman–Crippen LogP) is 31.6. The predicted molar refractivity (Wildman–Crippen MR) is 426 cm³/mol. The maximum absolute atomic E-state index is 16.7. The highest BCUT2D eigenvalue weighted by Gasteiger charge is 2.60. The first-order valence-corrected chi connectivity index (χ1v) is 42.8. The van der Waals surface area contributed by atoms with Crippen molar-refractivity contribution < 1.29 is 14.3 Å². The minimum Gasteiger partial charge on any atom is -0.490 e. The summed E-state index contributed by atoms with van der Waals surface area (Å²) in [6, 6.07) is 10.2. The molecule has 562 valence electrons. The second-order valence-electron chi connectivity index (χ2n) is 35.1. The first-order chi connectivity index (χ1) is 45.0. The van der Waals surface area contributed by atoms with Crippen LogP contribution in [-0.4, -0.2) is 19.2 Å². The molecule has 0 aliphatic carbocycles. The van der Waals surface area contributed by atoms with Crippen LogP contribution in [0.1, 0.15) is 457 Å². The van der Waals surface area contributed by atoms with E-state index in [-0.39, 0.29) is 77.6 Å². The number of hydrogen-bond acceptors (Lipinski definition) is 3. The molecule has 3 heteroatoms. The highest BCUT2D eigenvalue weighted by Crippen LogP contribution is 2.71. The summed E-state index contributed by atoms with van der Waals surface area (Å²) in [5, 5.41) is 0. The fraction of sp³-hybridized carbons (Fsp3) is 0.924. The van der Waals surface area contributed by atoms with Crippen molar-refractivity contribution in [1.82, 2.24) is 0 Å². The molecule has 0 bridgehead atoms. The van der Waals surface area contributed by atoms with E-state index in [4.69, 9.17) is 9.47 Å². The number of hydrogen-bond donors (Lipinski definition) is 0. The molecule has 0 amide bonds. The lowest BCUT2D eigenvalue weighted by Crippen LogP contribution is -2.52. The molecule has 1 rings (SSSR count). The molecule has 3 nitrogen and oxygen atoms in total. The Labute approximate surface area is 599 Å². The summed E-state index contributed by atoms with van der Waals surface area (Å²) < 4.78 is 13.4. The molecule has 0 aromatic heterocycles. The number of carbonyl (C=O) groups is 1. The molecule has 0 fully saturated rings. The molecule has 0 aliphatic rings. The van der Waals surface area contributed by atoms with Crippen molar-refractivity contribution in [2.45, 2.75) is 457 Å². The maximum atomic E-state index is 16.7. The smallest absolute Gasteiger partial charge is 0.311 e. The van der Waals surface area contributed by atoms with E-state index in [1.165, 1.54) is 250 Å². The van der Waals surface area contributed by atoms with Crippen molar-refractivity contribution in [1.29, 1.82) is 0 Å². The minimum absolute atomic E-state index is 0.0000134. The van der Waals surface area contributed by atoms with Crippen LogP contribution in [0.25, 0.3) is 0 Å². The van der Waals surface area contributed by atoms with E-state index in [0.29, 0.717) is 12.5 Å². The van der Waals surface area contributed by atoms with Gasteiger partial charge in [0.15, 0.2) is 0 Å². The molecule has 2 unspecified atom stereocenters. The molecule has 0 spiro atoms. The van der Waals surface area contributed by atoms with Crippen LogP contribution in [0, 0.1) is 76.3 Å². The van der Waals surface area contributed by atoms with E-state index >= 15 is 4.79 Å². The van der Waals surface area contributed by atoms with Gasteiger partial charge in [0.25, 0.3) is 0 Å². The lowest BCUT2D eigenvalue weighted by atomic mass is 9.43. The molecular formula is C92H176O3. The van der Waals surface area contributed by atoms with Crippen LogP contribution in [0.2, 0.25) is 0 Å². The monoisotopic (exact) mass is 1330 g/mol. The topological polar surface area (TPSA) is 35.5 Å². The zero-order valence-electron chi connectivity index (χ0n) is 70.6. The first kappa shape index (κ1) is 91.5. The average Bonchev–Trinajstić information content (AvgIpc) is 0.736. The van der Waals surface area contributed by atoms with Gasteiger partial charge in [-0.2, -0.15) is 0 Å². The SMILES string of the molecule is CCCC(CC)CC(CC(CC)(CC)CC)(CC(CC)(CC)CC)CC(CC(CC(CC)(CC)CC)(CC(CC)(CC)CC)CC(CC)(CC)CC)(CC(CC(CC)(CC)CC)(CC(CC)(CC)CC)CC(CC)(CC)CC)CC(C)(CC)C(=O)OCCOc1ccccc1. The number of esters is 1. The maximum Gasteiger partial charge on any atom is 0.311 e. The molecule has 0 heterocycles. The van der Waals surface area contributed by atoms with Gasteiger partial charge in [-0.05, 0) is 180 Å². The van der Waals surface area contributed by atoms with Gasteiger partial charge in [0.2, 0.25) is 0 Å². The van der Waals surface area contributed by atoms with Gasteiger partial charge in [-0.25, -0.2) is 0 Å². The van der Waals surface area contributed by atoms with Crippen LogP contribution in [0.5, 0.6) is 5.75 Å². The van der Waals surface area contributed by atoms with Gasteiger partial charge < -0.3 is 9.47 Å². The summed E-state index contributed by atoms with van der Waals surface area (Å²) in [7, 11) is 0. The number of carbonyl (C=O) groups excluding carboxylic acids is 1. The van der Waals surface area contributed by atoms with Crippen LogP contribution in [0.4, 0.5) is 0 Å². The van der Waals surface area contributed by atoms with Crippen molar-refractivity contribution in [3.8, 4) is 5.75 Å². The summed E-state index contributed by atoms with van der Waals surface area (Å²) in [6.07, 6.45) is 50.0. The van der Waals surface area contributed by atoms with Crippen molar-refractivity contribution in [2.24, 2.45) is 76.3 Å². The zero-order chi connectivity index (χ0) is 72.6. The third-order valence-corrected chi connectivity index (χ3v) is 31.6. The molecule has 0 N–H and O–H groups in total. The van der Waals surface area contributed by atoms with Crippen LogP contribution in [0.3, 0.4) is 0 Å². The van der Waals surface area contributed by atoms with Gasteiger partial charge in [-0.1, -0.05) is 379 Å². The summed E-state index contributed by atoms with van der Waals surface area (Å²) in [5.41, 5.74) is 0.702. The van der Waals surface area contributed by atoms with E-state index in [0.717, 1.165) is 18.6 Å². The molecular weight excluding hydrogens is 1150 g/mol. The normalized spacial score (nSPS) is 14.9. The average molecular weight is 1330 g/mol. The van der Waals surface area contributed by atoms with Gasteiger partial charge in [0.1, 0.15) is 19.0 Å². The molecule has 0 saturated heterocycles. The van der Waals surface area contributed by atoms with Crippen molar-refractivity contribution in [2.75, 3.05) is 13.2 Å². The van der Waals surface area contributed by atoms with E-state index in [9.17, 15) is 0 Å². The van der Waals surface area contributed by atoms with Gasteiger partial charge in [-0.15, -0.1) is 0 Å². The molecule has 2 atom stereocenters. The lowest BCUT2D eigenvalue weighted by Gasteiger charge is -2.62. The molecule has 0 aliphatic heterocycles. The largest absolute Gasteiger partial charge is 0.490 e. The Bertz CT molecular complexity index is 1840. The van der Waals surface area contributed by atoms with Crippen molar-refractivity contribution in [3.05, 3.63) is 30.3 Å². The van der Waals surface area contributed by atoms with E-state index < -0.39 is 5.41 Å². The van der Waals surface area contributed by atoms with Crippen LogP contribution >= 0.6 is 0 Å². The molecule has 95 heavy (non-hydrogen) atoms. The van der Waals surface area contributed by atoms with Gasteiger partial charge in [-0.3, -0.25) is 4.79 Å². The fourth-order valence-corrected chi connectivity index (χ4v) is 22.9. The summed E-state index contributed by atoms with van der Waals surface area (Å²) in [6.45, 7) is 73.0. The molecule has 1 aromatic carbocycles. The second-order valence-corrected chi connectivity index (χ2v) is 35.1. The Morgan fingerprint density at radius 3 is 0.758 bits per heavy atom. The minimum atomic E-state index is -0.740. The lowest BCUT2D eigenvalue weighted by molar-refractivity contribution is -0.163. The number of para-hydroxylation sites is 1. The van der Waals surface area contributed by atoms with Crippen molar-refractivity contribution in [3.63, 3.8) is 0 Å². The third-order valence-electron chi connectivity index (χ3n) is 31.6. The molecule has 0 saturated carbocycles. The highest BCUT2D eigenvalue weighted by molar-refractivity contribution is 5.76. The van der Waals surface area contributed by atoms with Crippen LogP contribution < -0.4 is 4.74 Å². The van der Waals surface area contributed by atoms with E-state index in [2.05, 4.69) is 194 Å². The Morgan fingerprint density at radius 2 is 0.526 bits per heavy atom. The quantitative estimate of drug-likeness (QED) is 0.0482. The zero-order valence-corrected chi connectivity index (χ0v) is 70.6. The molecule has 1 aromatic rings. The number of benzene rings is 1. The highest BCUT2D eigenvalue weighted by atomic mass is 16.6. The standard InChI is InChI=1S/C92H176O3/c1-29-59-77(30-2)64-89(66-81(32-4,33-5)34-6,67-82(35-7,36-8)37-9)74-90(65-80(28,31-3)79(93)95-63-62-94-78-60-57-56-58-61-78,75-91(68-83(38-10,39-11)40-12,69-84(41-13,42-14)43-15)70-85(44-16,45-17)46-18)76-92(71-86(47-19,48-20)49-21,72-87(50-22,51-23)52-24)73-88(53-25,54-26)55-27/h56-58,60-61,77H,29-55,59,62-76H2,1-28H3. The summed E-state index contributed by atoms with van der Waals surface area (Å²) in [4.78, 5) is 16.7. The van der Waals surface area contributed by atoms with Crippen LogP contribution in [0.15, 0.2) is 30.3 Å². The van der Waals surface area contributed by atoms with Crippen molar-refractivity contribution >= 4 is 5.97 Å². The van der Waals surface area contributed by atoms with E-state index in [1.54, 1.807) is 0 Å². The summed E-state index contributed by atoms with van der Waals surface area (Å²) >= 11 is 0. The number of rotatable bonds is 59. The van der Waals surface area contributed by atoms with Gasteiger partial charge in [0.05, 0.1) is 5.41 Å². The Morgan fingerprint density at radius 1 is 0.295 bits per heavy atom. The Kier molecular flexibility index (Phi) is 40.6. The van der Waals surface area contributed by atoms with Crippen LogP contribution in [-0.2, 0) is 9.53 Å². The summed E-state index contributed by atoms with van der Waals surface area (Å²) in [5.74, 6) is 1.51. The second kappa shape index (κ2) is 42.2. The van der Waals surface area contributed by atoms with E-state index in [1.807, 2.05) is 30.3 Å². The number of ether oxygens (including phenoxy) is 2. The molecule has 0 radical (unpaired) electrons. The Balaban J connectivity index is 6.16. The Hall–Kier alpha value is -1.51. The third kappa shape index (κ3) is 24.3. The van der Waals surface area contributed by atoms with Gasteiger partial charge in [0, 0.05) is 0 Å². The first-order valence-electron chi connectivity index (χ1n) is 42.8.